The summed E-state index contributed by atoms with van der Waals surface area (Å²) in [7, 11) is 0. The van der Waals surface area contributed by atoms with Crippen molar-refractivity contribution in [2.75, 3.05) is 13.1 Å². The summed E-state index contributed by atoms with van der Waals surface area (Å²) >= 11 is 0. The molecule has 0 radical (unpaired) electrons. The number of likely N-dealkylation sites (tertiary alicyclic amines) is 1. The average molecular weight is 350 g/mol. The molecule has 0 spiro atoms. The second-order valence-electron chi connectivity index (χ2n) is 7.20. The first-order chi connectivity index (χ1) is 12.0. The fourth-order valence-electron chi connectivity index (χ4n) is 3.97. The highest BCUT2D eigenvalue weighted by atomic mass is 19.1. The molecule has 1 aromatic rings. The second kappa shape index (κ2) is 7.60. The number of benzene rings is 1. The predicted molar refractivity (Wildman–Crippen MR) is 89.9 cm³/mol. The van der Waals surface area contributed by atoms with Gasteiger partial charge in [0.05, 0.1) is 5.56 Å². The molecule has 1 aliphatic carbocycles. The Morgan fingerprint density at radius 1 is 1.12 bits per heavy atom. The van der Waals surface area contributed by atoms with E-state index in [4.69, 9.17) is 5.73 Å². The van der Waals surface area contributed by atoms with Crippen molar-refractivity contribution in [1.29, 1.82) is 0 Å². The van der Waals surface area contributed by atoms with Crippen molar-refractivity contribution in [3.8, 4) is 0 Å². The maximum atomic E-state index is 13.8. The fourth-order valence-corrected chi connectivity index (χ4v) is 3.97. The lowest BCUT2D eigenvalue weighted by Gasteiger charge is -2.32. The Bertz CT molecular complexity index is 657. The number of carbonyl (C=O) groups is 2. The highest BCUT2D eigenvalue weighted by Crippen LogP contribution is 2.29. The summed E-state index contributed by atoms with van der Waals surface area (Å²) in [4.78, 5) is 26.6. The summed E-state index contributed by atoms with van der Waals surface area (Å²) in [5, 5.41) is 0. The van der Waals surface area contributed by atoms with Crippen molar-refractivity contribution < 1.29 is 18.4 Å². The van der Waals surface area contributed by atoms with Gasteiger partial charge in [0, 0.05) is 31.5 Å². The molecule has 6 heteroatoms. The number of rotatable bonds is 4. The van der Waals surface area contributed by atoms with Crippen LogP contribution in [0.3, 0.4) is 0 Å². The number of hydrogen-bond acceptors (Lipinski definition) is 3. The number of nitrogens with two attached hydrogens (primary N) is 1. The lowest BCUT2D eigenvalue weighted by atomic mass is 9.88. The smallest absolute Gasteiger partial charge is 0.222 e. The highest BCUT2D eigenvalue weighted by Gasteiger charge is 2.32. The maximum absolute atomic E-state index is 13.8. The van der Waals surface area contributed by atoms with Crippen molar-refractivity contribution in [1.82, 2.24) is 4.90 Å². The van der Waals surface area contributed by atoms with E-state index < -0.39 is 11.6 Å². The van der Waals surface area contributed by atoms with E-state index >= 15 is 0 Å². The number of hydrogen-bond donors (Lipinski definition) is 1. The SMILES string of the molecule is N[C@@H]1CCC[C@H]1CC(=O)N1CCC(C(=O)c2cc(F)ccc2F)CC1. The zero-order chi connectivity index (χ0) is 18.0. The number of Topliss-reactive ketones (excluding diaryl/α,β-unsaturated/α-hetero) is 1. The molecule has 2 N–H and O–H groups in total. The zero-order valence-corrected chi connectivity index (χ0v) is 14.2. The van der Waals surface area contributed by atoms with Gasteiger partial charge in [-0.25, -0.2) is 8.78 Å². The van der Waals surface area contributed by atoms with Gasteiger partial charge in [0.15, 0.2) is 5.78 Å². The van der Waals surface area contributed by atoms with Crippen LogP contribution in [0.1, 0.15) is 48.9 Å². The van der Waals surface area contributed by atoms with Crippen LogP contribution in [0.25, 0.3) is 0 Å². The van der Waals surface area contributed by atoms with Crippen molar-refractivity contribution in [2.45, 2.75) is 44.6 Å². The molecule has 2 fully saturated rings. The van der Waals surface area contributed by atoms with Crippen LogP contribution in [0.4, 0.5) is 8.78 Å². The van der Waals surface area contributed by atoms with Crippen LogP contribution in [0.2, 0.25) is 0 Å². The Balaban J connectivity index is 1.55. The van der Waals surface area contributed by atoms with Gasteiger partial charge < -0.3 is 10.6 Å². The van der Waals surface area contributed by atoms with E-state index in [2.05, 4.69) is 0 Å². The number of amides is 1. The quantitative estimate of drug-likeness (QED) is 0.849. The standard InChI is InChI=1S/C19H24F2N2O2/c20-14-4-5-16(21)15(11-14)19(25)12-6-8-23(9-7-12)18(24)10-13-2-1-3-17(13)22/h4-5,11-13,17H,1-3,6-10,22H2/t13-,17+/m0/s1. The van der Waals surface area contributed by atoms with Crippen molar-refractivity contribution in [3.05, 3.63) is 35.4 Å². The summed E-state index contributed by atoms with van der Waals surface area (Å²) in [5.74, 6) is -1.71. The Hall–Kier alpha value is -1.82. The van der Waals surface area contributed by atoms with E-state index in [1.165, 1.54) is 0 Å². The number of halogens is 2. The topological polar surface area (TPSA) is 63.4 Å². The van der Waals surface area contributed by atoms with Crippen LogP contribution < -0.4 is 5.73 Å². The van der Waals surface area contributed by atoms with E-state index in [9.17, 15) is 18.4 Å². The molecule has 1 amide bonds. The molecular formula is C19H24F2N2O2. The summed E-state index contributed by atoms with van der Waals surface area (Å²) < 4.78 is 27.1. The van der Waals surface area contributed by atoms with Gasteiger partial charge in [-0.15, -0.1) is 0 Å². The van der Waals surface area contributed by atoms with Crippen LogP contribution in [-0.2, 0) is 4.79 Å². The first kappa shape index (κ1) is 18.0. The Morgan fingerprint density at radius 2 is 1.84 bits per heavy atom. The van der Waals surface area contributed by atoms with Gasteiger partial charge in [0.2, 0.25) is 5.91 Å². The van der Waals surface area contributed by atoms with Crippen LogP contribution >= 0.6 is 0 Å². The molecule has 1 saturated carbocycles. The van der Waals surface area contributed by atoms with Gasteiger partial charge >= 0.3 is 0 Å². The third kappa shape index (κ3) is 4.06. The normalized spacial score (nSPS) is 24.5. The molecule has 0 bridgehead atoms. The maximum Gasteiger partial charge on any atom is 0.222 e. The molecule has 2 atom stereocenters. The van der Waals surface area contributed by atoms with Crippen molar-refractivity contribution >= 4 is 11.7 Å². The molecule has 4 nitrogen and oxygen atoms in total. The van der Waals surface area contributed by atoms with E-state index in [1.807, 2.05) is 0 Å². The van der Waals surface area contributed by atoms with E-state index in [-0.39, 0.29) is 35.1 Å². The first-order valence-corrected chi connectivity index (χ1v) is 8.98. The predicted octanol–water partition coefficient (Wildman–Crippen LogP) is 2.90. The Kier molecular flexibility index (Phi) is 5.47. The van der Waals surface area contributed by atoms with Gasteiger partial charge in [-0.05, 0) is 49.8 Å². The first-order valence-electron chi connectivity index (χ1n) is 8.98. The monoisotopic (exact) mass is 350 g/mol. The van der Waals surface area contributed by atoms with Crippen LogP contribution in [-0.4, -0.2) is 35.7 Å². The van der Waals surface area contributed by atoms with E-state index in [1.54, 1.807) is 4.90 Å². The van der Waals surface area contributed by atoms with Gasteiger partial charge in [-0.1, -0.05) is 6.42 Å². The largest absolute Gasteiger partial charge is 0.343 e. The summed E-state index contributed by atoms with van der Waals surface area (Å²) in [6.07, 6.45) is 4.50. The summed E-state index contributed by atoms with van der Waals surface area (Å²) in [5.41, 5.74) is 5.83. The van der Waals surface area contributed by atoms with Crippen molar-refractivity contribution in [3.63, 3.8) is 0 Å². The summed E-state index contributed by atoms with van der Waals surface area (Å²) in [6, 6.07) is 3.04. The minimum atomic E-state index is -0.694. The Morgan fingerprint density at radius 3 is 2.48 bits per heavy atom. The average Bonchev–Trinajstić information content (AvgIpc) is 3.01. The second-order valence-corrected chi connectivity index (χ2v) is 7.20. The third-order valence-electron chi connectivity index (χ3n) is 5.57. The minimum Gasteiger partial charge on any atom is -0.343 e. The van der Waals surface area contributed by atoms with Crippen LogP contribution in [0.5, 0.6) is 0 Å². The summed E-state index contributed by atoms with van der Waals surface area (Å²) in [6.45, 7) is 0.961. The molecule has 1 aromatic carbocycles. The van der Waals surface area contributed by atoms with Crippen LogP contribution in [0, 0.1) is 23.5 Å². The van der Waals surface area contributed by atoms with Gasteiger partial charge in [0.1, 0.15) is 11.6 Å². The number of piperidine rings is 1. The molecule has 2 aliphatic rings. The fraction of sp³-hybridized carbons (Fsp3) is 0.579. The minimum absolute atomic E-state index is 0.0881. The van der Waals surface area contributed by atoms with Gasteiger partial charge in [0.25, 0.3) is 0 Å². The number of carbonyl (C=O) groups excluding carboxylic acids is 2. The highest BCUT2D eigenvalue weighted by molar-refractivity contribution is 5.98. The molecule has 3 rings (SSSR count). The molecule has 1 aliphatic heterocycles. The molecule has 25 heavy (non-hydrogen) atoms. The van der Waals surface area contributed by atoms with Crippen molar-refractivity contribution in [2.24, 2.45) is 17.6 Å². The number of nitrogens with zero attached hydrogens (tertiary/aromatic N) is 1. The van der Waals surface area contributed by atoms with Gasteiger partial charge in [-0.3, -0.25) is 9.59 Å². The molecule has 136 valence electrons. The zero-order valence-electron chi connectivity index (χ0n) is 14.2. The molecule has 1 heterocycles. The number of ketones is 1. The van der Waals surface area contributed by atoms with Crippen LogP contribution in [0.15, 0.2) is 18.2 Å². The molecule has 0 aromatic heterocycles. The molecule has 0 unspecified atom stereocenters. The van der Waals surface area contributed by atoms with Gasteiger partial charge in [-0.2, -0.15) is 0 Å². The lowest BCUT2D eigenvalue weighted by molar-refractivity contribution is -0.133. The lowest BCUT2D eigenvalue weighted by Crippen LogP contribution is -2.42. The molecular weight excluding hydrogens is 326 g/mol. The van der Waals surface area contributed by atoms with E-state index in [0.29, 0.717) is 32.4 Å². The Labute approximate surface area is 146 Å². The third-order valence-corrected chi connectivity index (χ3v) is 5.57. The van der Waals surface area contributed by atoms with E-state index in [0.717, 1.165) is 37.5 Å². The molecule has 1 saturated heterocycles.